The van der Waals surface area contributed by atoms with Crippen LogP contribution >= 0.6 is 0 Å². The molecule has 0 aromatic heterocycles. The number of amides is 3. The summed E-state index contributed by atoms with van der Waals surface area (Å²) < 4.78 is 0. The number of urea groups is 1. The summed E-state index contributed by atoms with van der Waals surface area (Å²) in [6, 6.07) is -0.657. The summed E-state index contributed by atoms with van der Waals surface area (Å²) in [5.74, 6) is -0.00943. The first-order valence-electron chi connectivity index (χ1n) is 5.88. The van der Waals surface area contributed by atoms with E-state index in [-0.39, 0.29) is 17.9 Å². The lowest BCUT2D eigenvalue weighted by atomic mass is 9.99. The second-order valence-corrected chi connectivity index (χ2v) is 4.33. The van der Waals surface area contributed by atoms with Crippen LogP contribution in [0.15, 0.2) is 0 Å². The predicted octanol–water partition coefficient (Wildman–Crippen LogP) is -0.253. The molecule has 4 N–H and O–H groups in total. The van der Waals surface area contributed by atoms with Crippen LogP contribution in [0.4, 0.5) is 4.79 Å². The summed E-state index contributed by atoms with van der Waals surface area (Å²) in [6.45, 7) is 4.73. The van der Waals surface area contributed by atoms with Gasteiger partial charge in [0.15, 0.2) is 0 Å². The molecule has 0 aromatic rings. The van der Waals surface area contributed by atoms with Crippen LogP contribution < -0.4 is 16.4 Å². The Labute approximate surface area is 103 Å². The van der Waals surface area contributed by atoms with Gasteiger partial charge in [-0.05, 0) is 5.92 Å². The van der Waals surface area contributed by atoms with Gasteiger partial charge >= 0.3 is 6.03 Å². The van der Waals surface area contributed by atoms with Crippen molar-refractivity contribution in [2.45, 2.75) is 26.3 Å². The minimum Gasteiger partial charge on any atom is -0.353 e. The highest BCUT2D eigenvalue weighted by Gasteiger charge is 2.18. The minimum atomic E-state index is -0.482. The Hall–Kier alpha value is -1.30. The second-order valence-electron chi connectivity index (χ2n) is 4.33. The molecule has 0 radical (unpaired) electrons. The van der Waals surface area contributed by atoms with Crippen LogP contribution in [0.5, 0.6) is 0 Å². The Bertz CT molecular complexity index is 256. The van der Waals surface area contributed by atoms with Gasteiger partial charge in [0.05, 0.1) is 6.04 Å². The minimum absolute atomic E-state index is 0.159. The first-order valence-corrected chi connectivity index (χ1v) is 5.88. The highest BCUT2D eigenvalue weighted by molar-refractivity contribution is 5.81. The van der Waals surface area contributed by atoms with Gasteiger partial charge in [-0.15, -0.1) is 0 Å². The lowest BCUT2D eigenvalue weighted by Crippen LogP contribution is -2.47. The summed E-state index contributed by atoms with van der Waals surface area (Å²) in [5.41, 5.74) is 5.75. The maximum Gasteiger partial charge on any atom is 0.316 e. The summed E-state index contributed by atoms with van der Waals surface area (Å²) in [7, 11) is 3.32. The van der Waals surface area contributed by atoms with Gasteiger partial charge in [0.25, 0.3) is 0 Å². The van der Waals surface area contributed by atoms with E-state index < -0.39 is 6.04 Å². The first kappa shape index (κ1) is 15.7. The Balaban J connectivity index is 3.75. The molecule has 0 saturated carbocycles. The van der Waals surface area contributed by atoms with Gasteiger partial charge in [0, 0.05) is 27.2 Å². The average Bonchev–Trinajstić information content (AvgIpc) is 2.31. The Kier molecular flexibility index (Phi) is 7.29. The van der Waals surface area contributed by atoms with E-state index in [2.05, 4.69) is 10.6 Å². The summed E-state index contributed by atoms with van der Waals surface area (Å²) >= 11 is 0. The van der Waals surface area contributed by atoms with Crippen LogP contribution in [0, 0.1) is 5.92 Å². The molecule has 0 fully saturated rings. The normalized spacial score (nSPS) is 13.7. The summed E-state index contributed by atoms with van der Waals surface area (Å²) in [4.78, 5) is 24.2. The monoisotopic (exact) mass is 244 g/mol. The molecule has 0 unspecified atom stereocenters. The number of hydrogen-bond donors (Lipinski definition) is 3. The van der Waals surface area contributed by atoms with Crippen LogP contribution in [0.2, 0.25) is 0 Å². The van der Waals surface area contributed by atoms with Gasteiger partial charge in [-0.1, -0.05) is 20.3 Å². The maximum absolute atomic E-state index is 11.6. The molecule has 0 aromatic carbocycles. The van der Waals surface area contributed by atoms with E-state index in [4.69, 9.17) is 5.73 Å². The molecular weight excluding hydrogens is 220 g/mol. The molecule has 0 aliphatic carbocycles. The van der Waals surface area contributed by atoms with E-state index in [9.17, 15) is 9.59 Å². The molecule has 3 amide bonds. The van der Waals surface area contributed by atoms with Crippen LogP contribution in [-0.4, -0.2) is 50.1 Å². The van der Waals surface area contributed by atoms with E-state index in [0.29, 0.717) is 13.1 Å². The van der Waals surface area contributed by atoms with Crippen molar-refractivity contribution in [1.82, 2.24) is 15.5 Å². The number of rotatable bonds is 6. The molecule has 0 heterocycles. The zero-order chi connectivity index (χ0) is 13.4. The van der Waals surface area contributed by atoms with Gasteiger partial charge < -0.3 is 21.3 Å². The molecule has 100 valence electrons. The number of nitrogens with one attached hydrogen (secondary N) is 2. The van der Waals surface area contributed by atoms with Crippen LogP contribution in [0.25, 0.3) is 0 Å². The molecule has 6 heteroatoms. The fraction of sp³-hybridized carbons (Fsp3) is 0.818. The van der Waals surface area contributed by atoms with E-state index in [0.717, 1.165) is 6.42 Å². The van der Waals surface area contributed by atoms with Crippen molar-refractivity contribution in [3.63, 3.8) is 0 Å². The maximum atomic E-state index is 11.6. The molecule has 0 aliphatic rings. The van der Waals surface area contributed by atoms with Crippen molar-refractivity contribution in [2.75, 3.05) is 27.2 Å². The van der Waals surface area contributed by atoms with Crippen molar-refractivity contribution >= 4 is 11.9 Å². The molecule has 0 spiro atoms. The molecule has 0 rings (SSSR count). The molecule has 6 nitrogen and oxygen atoms in total. The number of carbonyl (C=O) groups excluding carboxylic acids is 2. The topological polar surface area (TPSA) is 87.5 Å². The number of carbonyl (C=O) groups is 2. The molecule has 2 atom stereocenters. The van der Waals surface area contributed by atoms with E-state index in [1.165, 1.54) is 4.90 Å². The van der Waals surface area contributed by atoms with Gasteiger partial charge in [-0.2, -0.15) is 0 Å². The van der Waals surface area contributed by atoms with Crippen molar-refractivity contribution in [3.8, 4) is 0 Å². The van der Waals surface area contributed by atoms with Gasteiger partial charge in [-0.25, -0.2) is 4.79 Å². The average molecular weight is 244 g/mol. The zero-order valence-corrected chi connectivity index (χ0v) is 11.1. The Morgan fingerprint density at radius 3 is 2.24 bits per heavy atom. The van der Waals surface area contributed by atoms with Crippen molar-refractivity contribution in [1.29, 1.82) is 0 Å². The summed E-state index contributed by atoms with van der Waals surface area (Å²) in [5, 5.41) is 5.35. The fourth-order valence-corrected chi connectivity index (χ4v) is 1.14. The van der Waals surface area contributed by atoms with Crippen LogP contribution in [0.1, 0.15) is 20.3 Å². The van der Waals surface area contributed by atoms with Gasteiger partial charge in [-0.3, -0.25) is 4.79 Å². The molecular formula is C11H24N4O2. The molecule has 0 saturated heterocycles. The number of nitrogens with two attached hydrogens (primary N) is 1. The van der Waals surface area contributed by atoms with E-state index >= 15 is 0 Å². The third kappa shape index (κ3) is 6.11. The van der Waals surface area contributed by atoms with Crippen molar-refractivity contribution in [3.05, 3.63) is 0 Å². The van der Waals surface area contributed by atoms with Crippen LogP contribution in [-0.2, 0) is 4.79 Å². The smallest absolute Gasteiger partial charge is 0.316 e. The molecule has 17 heavy (non-hydrogen) atoms. The van der Waals surface area contributed by atoms with Crippen LogP contribution in [0.3, 0.4) is 0 Å². The highest BCUT2D eigenvalue weighted by atomic mass is 16.2. The van der Waals surface area contributed by atoms with Gasteiger partial charge in [0.2, 0.25) is 5.91 Å². The zero-order valence-electron chi connectivity index (χ0n) is 11.1. The lowest BCUT2D eigenvalue weighted by molar-refractivity contribution is -0.123. The molecule has 0 aliphatic heterocycles. The summed E-state index contributed by atoms with van der Waals surface area (Å²) in [6.07, 6.45) is 0.867. The lowest BCUT2D eigenvalue weighted by Gasteiger charge is -2.18. The Morgan fingerprint density at radius 1 is 1.24 bits per heavy atom. The fourth-order valence-electron chi connectivity index (χ4n) is 1.14. The third-order valence-corrected chi connectivity index (χ3v) is 2.67. The van der Waals surface area contributed by atoms with E-state index in [1.807, 2.05) is 13.8 Å². The quantitative estimate of drug-likeness (QED) is 0.563. The second kappa shape index (κ2) is 7.89. The van der Waals surface area contributed by atoms with Crippen molar-refractivity contribution < 1.29 is 9.59 Å². The van der Waals surface area contributed by atoms with E-state index in [1.54, 1.807) is 14.1 Å². The first-order chi connectivity index (χ1) is 7.90. The largest absolute Gasteiger partial charge is 0.353 e. The predicted molar refractivity (Wildman–Crippen MR) is 67.5 cm³/mol. The third-order valence-electron chi connectivity index (χ3n) is 2.67. The number of hydrogen-bond acceptors (Lipinski definition) is 3. The van der Waals surface area contributed by atoms with Crippen molar-refractivity contribution in [2.24, 2.45) is 11.7 Å². The highest BCUT2D eigenvalue weighted by Crippen LogP contribution is 2.04. The standard InChI is InChI=1S/C11H24N4O2/c1-5-8(2)9(12)10(16)13-6-7-14-11(17)15(3)4/h8-9H,5-7,12H2,1-4H3,(H,13,16)(H,14,17)/t8-,9-/m0/s1. The molecule has 0 bridgehead atoms. The SMILES string of the molecule is CC[C@H](C)[C@H](N)C(=O)NCCNC(=O)N(C)C. The number of nitrogens with zero attached hydrogens (tertiary/aromatic N) is 1. The Morgan fingerprint density at radius 2 is 1.76 bits per heavy atom. The van der Waals surface area contributed by atoms with Gasteiger partial charge in [0.1, 0.15) is 0 Å².